The van der Waals surface area contributed by atoms with Crippen molar-refractivity contribution in [3.8, 4) is 16.9 Å². The molecule has 0 unspecified atom stereocenters. The van der Waals surface area contributed by atoms with Gasteiger partial charge in [0.2, 0.25) is 0 Å². The van der Waals surface area contributed by atoms with Crippen LogP contribution in [0.2, 0.25) is 15.1 Å². The SMILES string of the molecule is Cc1c(C2=NC3(CCCC3)C(=O)N2)nn(-c2ccc(Cl)cc2Cl)c1-c1ccc(Cl)cc1. The van der Waals surface area contributed by atoms with Gasteiger partial charge in [0.05, 0.1) is 16.4 Å². The Kier molecular flexibility index (Phi) is 5.08. The first-order valence-corrected chi connectivity index (χ1v) is 11.2. The van der Waals surface area contributed by atoms with Crippen LogP contribution in [0.5, 0.6) is 0 Å². The molecular formula is C23H19Cl3N4O. The number of carbonyl (C=O) groups is 1. The molecule has 3 aromatic rings. The predicted octanol–water partition coefficient (Wildman–Crippen LogP) is 6.00. The number of halogens is 3. The van der Waals surface area contributed by atoms with Crippen molar-refractivity contribution in [1.82, 2.24) is 15.1 Å². The van der Waals surface area contributed by atoms with Gasteiger partial charge in [-0.2, -0.15) is 5.10 Å². The van der Waals surface area contributed by atoms with Gasteiger partial charge in [-0.15, -0.1) is 0 Å². The van der Waals surface area contributed by atoms with Crippen LogP contribution in [-0.4, -0.2) is 27.1 Å². The molecule has 1 aliphatic heterocycles. The second kappa shape index (κ2) is 7.66. The molecule has 1 saturated carbocycles. The number of nitrogens with zero attached hydrogens (tertiary/aromatic N) is 3. The molecule has 0 atom stereocenters. The standard InChI is InChI=1S/C23H19Cl3N4O/c1-13-19(21-27-22(31)23(28-21)10-2-3-11-23)29-30(18-9-8-16(25)12-17(18)26)20(13)14-4-6-15(24)7-5-14/h4-9,12H,2-3,10-11H2,1H3,(H,27,28,31). The van der Waals surface area contributed by atoms with E-state index in [1.54, 1.807) is 16.8 Å². The highest BCUT2D eigenvalue weighted by molar-refractivity contribution is 6.35. The van der Waals surface area contributed by atoms with Gasteiger partial charge in [-0.05, 0) is 50.1 Å². The van der Waals surface area contributed by atoms with Crippen LogP contribution in [0.15, 0.2) is 47.5 Å². The van der Waals surface area contributed by atoms with E-state index in [4.69, 9.17) is 44.9 Å². The fraction of sp³-hybridized carbons (Fsp3) is 0.261. The van der Waals surface area contributed by atoms with Gasteiger partial charge in [-0.25, -0.2) is 9.67 Å². The highest BCUT2D eigenvalue weighted by atomic mass is 35.5. The van der Waals surface area contributed by atoms with Gasteiger partial charge in [-0.1, -0.05) is 59.8 Å². The van der Waals surface area contributed by atoms with Crippen molar-refractivity contribution in [3.63, 3.8) is 0 Å². The molecule has 2 heterocycles. The summed E-state index contributed by atoms with van der Waals surface area (Å²) in [5, 5.41) is 9.49. The second-order valence-corrected chi connectivity index (χ2v) is 9.27. The van der Waals surface area contributed by atoms with Gasteiger partial charge < -0.3 is 5.32 Å². The Morgan fingerprint density at radius 1 is 1.00 bits per heavy atom. The van der Waals surface area contributed by atoms with E-state index in [2.05, 4.69) is 5.32 Å². The molecule has 1 aromatic heterocycles. The minimum absolute atomic E-state index is 0.0356. The topological polar surface area (TPSA) is 59.3 Å². The second-order valence-electron chi connectivity index (χ2n) is 7.99. The zero-order valence-electron chi connectivity index (χ0n) is 16.8. The molecule has 5 nitrogen and oxygen atoms in total. The van der Waals surface area contributed by atoms with E-state index in [1.165, 1.54) is 0 Å². The van der Waals surface area contributed by atoms with Gasteiger partial charge >= 0.3 is 0 Å². The van der Waals surface area contributed by atoms with E-state index in [-0.39, 0.29) is 5.91 Å². The van der Waals surface area contributed by atoms with E-state index in [9.17, 15) is 4.79 Å². The highest BCUT2D eigenvalue weighted by Crippen LogP contribution is 2.38. The summed E-state index contributed by atoms with van der Waals surface area (Å²) in [5.41, 5.74) is 3.33. The van der Waals surface area contributed by atoms with Crippen LogP contribution in [0.4, 0.5) is 0 Å². The number of amidine groups is 1. The maximum absolute atomic E-state index is 12.7. The van der Waals surface area contributed by atoms with Crippen LogP contribution < -0.4 is 5.32 Å². The molecule has 5 rings (SSSR count). The molecular weight excluding hydrogens is 455 g/mol. The molecule has 0 radical (unpaired) electrons. The fourth-order valence-electron chi connectivity index (χ4n) is 4.42. The summed E-state index contributed by atoms with van der Waals surface area (Å²) in [7, 11) is 0. The monoisotopic (exact) mass is 472 g/mol. The summed E-state index contributed by atoms with van der Waals surface area (Å²) < 4.78 is 1.78. The Bertz CT molecular complexity index is 1220. The first kappa shape index (κ1) is 20.6. The highest BCUT2D eigenvalue weighted by Gasteiger charge is 2.46. The number of aliphatic imine (C=N–C) groups is 1. The largest absolute Gasteiger partial charge is 0.307 e. The van der Waals surface area contributed by atoms with Gasteiger partial charge in [-0.3, -0.25) is 4.79 Å². The number of rotatable bonds is 3. The smallest absolute Gasteiger partial charge is 0.253 e. The van der Waals surface area contributed by atoms with Crippen LogP contribution in [0, 0.1) is 6.92 Å². The Balaban J connectivity index is 1.71. The number of hydrogen-bond donors (Lipinski definition) is 1. The van der Waals surface area contributed by atoms with Crippen molar-refractivity contribution >= 4 is 46.5 Å². The normalized spacial score (nSPS) is 17.3. The van der Waals surface area contributed by atoms with Crippen LogP contribution in [-0.2, 0) is 4.79 Å². The van der Waals surface area contributed by atoms with Gasteiger partial charge in [0.15, 0.2) is 5.84 Å². The molecule has 1 aliphatic carbocycles. The maximum Gasteiger partial charge on any atom is 0.253 e. The van der Waals surface area contributed by atoms with Crippen LogP contribution in [0.3, 0.4) is 0 Å². The number of hydrogen-bond acceptors (Lipinski definition) is 3. The molecule has 1 fully saturated rings. The third kappa shape index (κ3) is 3.45. The number of aromatic nitrogens is 2. The van der Waals surface area contributed by atoms with E-state index in [1.807, 2.05) is 37.3 Å². The average molecular weight is 474 g/mol. The predicted molar refractivity (Wildman–Crippen MR) is 125 cm³/mol. The lowest BCUT2D eigenvalue weighted by molar-refractivity contribution is -0.123. The lowest BCUT2D eigenvalue weighted by atomic mass is 9.99. The number of nitrogens with one attached hydrogen (secondary N) is 1. The summed E-state index contributed by atoms with van der Waals surface area (Å²) in [6.45, 7) is 1.97. The minimum Gasteiger partial charge on any atom is -0.307 e. The number of benzene rings is 2. The van der Waals surface area contributed by atoms with Crippen molar-refractivity contribution in [2.75, 3.05) is 0 Å². The molecule has 1 N–H and O–H groups in total. The van der Waals surface area contributed by atoms with Crippen LogP contribution >= 0.6 is 34.8 Å². The molecule has 158 valence electrons. The summed E-state index contributed by atoms with van der Waals surface area (Å²) in [4.78, 5) is 17.6. The van der Waals surface area contributed by atoms with E-state index in [0.717, 1.165) is 42.5 Å². The molecule has 31 heavy (non-hydrogen) atoms. The summed E-state index contributed by atoms with van der Waals surface area (Å²) in [6, 6.07) is 12.8. The third-order valence-corrected chi connectivity index (χ3v) is 6.80. The van der Waals surface area contributed by atoms with Crippen molar-refractivity contribution in [3.05, 3.63) is 68.8 Å². The number of amides is 1. The minimum atomic E-state index is -0.649. The van der Waals surface area contributed by atoms with E-state index in [0.29, 0.717) is 32.3 Å². The Morgan fingerprint density at radius 3 is 2.35 bits per heavy atom. The quantitative estimate of drug-likeness (QED) is 0.507. The molecule has 2 aromatic carbocycles. The van der Waals surface area contributed by atoms with Crippen LogP contribution in [0.25, 0.3) is 16.9 Å². The molecule has 8 heteroatoms. The van der Waals surface area contributed by atoms with Gasteiger partial charge in [0.1, 0.15) is 11.2 Å². The van der Waals surface area contributed by atoms with Gasteiger partial charge in [0, 0.05) is 21.2 Å². The lowest BCUT2D eigenvalue weighted by Crippen LogP contribution is -2.37. The molecule has 1 amide bonds. The van der Waals surface area contributed by atoms with Crippen molar-refractivity contribution in [2.45, 2.75) is 38.1 Å². The number of carbonyl (C=O) groups excluding carboxylic acids is 1. The first-order valence-electron chi connectivity index (χ1n) is 10.1. The molecule has 2 aliphatic rings. The fourth-order valence-corrected chi connectivity index (χ4v) is 5.04. The Hall–Kier alpha value is -2.34. The third-order valence-electron chi connectivity index (χ3n) is 6.01. The molecule has 1 spiro atoms. The summed E-state index contributed by atoms with van der Waals surface area (Å²) >= 11 is 18.7. The van der Waals surface area contributed by atoms with Crippen molar-refractivity contribution in [2.24, 2.45) is 4.99 Å². The van der Waals surface area contributed by atoms with E-state index < -0.39 is 5.54 Å². The Morgan fingerprint density at radius 2 is 1.68 bits per heavy atom. The maximum atomic E-state index is 12.7. The Labute approximate surface area is 195 Å². The first-order chi connectivity index (χ1) is 14.9. The summed E-state index contributed by atoms with van der Waals surface area (Å²) in [5.74, 6) is 0.481. The van der Waals surface area contributed by atoms with Gasteiger partial charge in [0.25, 0.3) is 5.91 Å². The van der Waals surface area contributed by atoms with Crippen molar-refractivity contribution < 1.29 is 4.79 Å². The van der Waals surface area contributed by atoms with E-state index >= 15 is 0 Å². The molecule has 0 bridgehead atoms. The zero-order valence-corrected chi connectivity index (χ0v) is 19.0. The molecule has 0 saturated heterocycles. The van der Waals surface area contributed by atoms with Crippen molar-refractivity contribution in [1.29, 1.82) is 0 Å². The zero-order chi connectivity index (χ0) is 21.8. The summed E-state index contributed by atoms with van der Waals surface area (Å²) in [6.07, 6.45) is 3.56. The average Bonchev–Trinajstić information content (AvgIpc) is 3.42. The lowest BCUT2D eigenvalue weighted by Gasteiger charge is -2.14. The van der Waals surface area contributed by atoms with Crippen LogP contribution in [0.1, 0.15) is 36.9 Å².